The van der Waals surface area contributed by atoms with Gasteiger partial charge in [-0.25, -0.2) is 18.2 Å². The molecule has 1 aliphatic carbocycles. The first-order chi connectivity index (χ1) is 12.5. The summed E-state index contributed by atoms with van der Waals surface area (Å²) in [6.07, 6.45) is 6.04. The van der Waals surface area contributed by atoms with E-state index in [1.807, 2.05) is 0 Å². The summed E-state index contributed by atoms with van der Waals surface area (Å²) >= 11 is 0. The van der Waals surface area contributed by atoms with E-state index in [4.69, 9.17) is 9.47 Å². The van der Waals surface area contributed by atoms with Crippen LogP contribution in [0.15, 0.2) is 17.2 Å². The van der Waals surface area contributed by atoms with Gasteiger partial charge in [0.05, 0.1) is 25.9 Å². The number of morpholine rings is 1. The molecule has 2 heterocycles. The first-order valence-corrected chi connectivity index (χ1v) is 10.4. The van der Waals surface area contributed by atoms with Gasteiger partial charge in [0.15, 0.2) is 0 Å². The Balaban J connectivity index is 1.90. The van der Waals surface area contributed by atoms with Crippen LogP contribution in [0.25, 0.3) is 0 Å². The van der Waals surface area contributed by atoms with Crippen LogP contribution in [0, 0.1) is 5.92 Å². The number of rotatable bonds is 6. The van der Waals surface area contributed by atoms with E-state index < -0.39 is 16.0 Å². The Labute approximate surface area is 153 Å². The van der Waals surface area contributed by atoms with E-state index in [1.54, 1.807) is 0 Å². The lowest BCUT2D eigenvalue weighted by Crippen LogP contribution is -2.41. The van der Waals surface area contributed by atoms with Crippen LogP contribution in [-0.2, 0) is 19.5 Å². The molecule has 0 radical (unpaired) electrons. The molecule has 0 unspecified atom stereocenters. The number of aromatic nitrogens is 1. The lowest BCUT2D eigenvalue weighted by molar-refractivity contribution is 0.0600. The average molecular weight is 383 g/mol. The normalized spacial score (nSPS) is 19.4. The largest absolute Gasteiger partial charge is 0.465 e. The maximum absolute atomic E-state index is 13.1. The van der Waals surface area contributed by atoms with Gasteiger partial charge >= 0.3 is 5.97 Å². The van der Waals surface area contributed by atoms with Crippen molar-refractivity contribution < 1.29 is 22.7 Å². The third-order valence-corrected chi connectivity index (χ3v) is 6.81. The van der Waals surface area contributed by atoms with E-state index in [0.717, 1.165) is 12.8 Å². The van der Waals surface area contributed by atoms with Gasteiger partial charge < -0.3 is 14.8 Å². The lowest BCUT2D eigenvalue weighted by Gasteiger charge is -2.27. The van der Waals surface area contributed by atoms with Gasteiger partial charge in [0.25, 0.3) is 0 Å². The Morgan fingerprint density at radius 1 is 1.35 bits per heavy atom. The van der Waals surface area contributed by atoms with Gasteiger partial charge in [0.2, 0.25) is 10.0 Å². The minimum atomic E-state index is -3.78. The van der Waals surface area contributed by atoms with Crippen molar-refractivity contribution in [1.29, 1.82) is 0 Å². The van der Waals surface area contributed by atoms with Gasteiger partial charge in [-0.2, -0.15) is 4.31 Å². The number of anilines is 1. The summed E-state index contributed by atoms with van der Waals surface area (Å²) in [6.45, 7) is 1.96. The molecule has 1 aliphatic heterocycles. The topological polar surface area (TPSA) is 97.8 Å². The second-order valence-corrected chi connectivity index (χ2v) is 8.52. The van der Waals surface area contributed by atoms with E-state index in [1.165, 1.54) is 36.5 Å². The fourth-order valence-electron chi connectivity index (χ4n) is 3.38. The molecule has 1 N–H and O–H groups in total. The van der Waals surface area contributed by atoms with Crippen LogP contribution in [0.5, 0.6) is 0 Å². The van der Waals surface area contributed by atoms with E-state index in [2.05, 4.69) is 10.3 Å². The molecule has 1 saturated carbocycles. The monoisotopic (exact) mass is 383 g/mol. The molecular formula is C17H25N3O5S. The first kappa shape index (κ1) is 19.1. The number of ether oxygens (including phenoxy) is 2. The smallest absolute Gasteiger partial charge is 0.339 e. The molecule has 144 valence electrons. The number of hydrogen-bond acceptors (Lipinski definition) is 7. The summed E-state index contributed by atoms with van der Waals surface area (Å²) < 4.78 is 37.5. The molecule has 9 heteroatoms. The fraction of sp³-hybridized carbons (Fsp3) is 0.647. The second kappa shape index (κ2) is 8.32. The maximum atomic E-state index is 13.1. The third kappa shape index (κ3) is 4.16. The summed E-state index contributed by atoms with van der Waals surface area (Å²) in [4.78, 5) is 16.1. The molecular weight excluding hydrogens is 358 g/mol. The van der Waals surface area contributed by atoms with Gasteiger partial charge in [-0.05, 0) is 24.8 Å². The molecule has 0 spiro atoms. The fourth-order valence-corrected chi connectivity index (χ4v) is 4.94. The quantitative estimate of drug-likeness (QED) is 0.743. The highest BCUT2D eigenvalue weighted by molar-refractivity contribution is 7.89. The van der Waals surface area contributed by atoms with Gasteiger partial charge in [-0.1, -0.05) is 12.8 Å². The molecule has 0 amide bonds. The Kier molecular flexibility index (Phi) is 6.10. The summed E-state index contributed by atoms with van der Waals surface area (Å²) in [5.74, 6) is 0.199. The van der Waals surface area contributed by atoms with Gasteiger partial charge in [0.1, 0.15) is 10.7 Å². The van der Waals surface area contributed by atoms with E-state index in [9.17, 15) is 13.2 Å². The molecule has 0 atom stereocenters. The number of nitrogens with zero attached hydrogens (tertiary/aromatic N) is 2. The molecule has 2 fully saturated rings. The first-order valence-electron chi connectivity index (χ1n) is 8.92. The summed E-state index contributed by atoms with van der Waals surface area (Å²) in [7, 11) is -2.53. The van der Waals surface area contributed by atoms with Crippen LogP contribution in [-0.4, -0.2) is 63.6 Å². The molecule has 0 bridgehead atoms. The Bertz CT molecular complexity index is 741. The van der Waals surface area contributed by atoms with Crippen molar-refractivity contribution in [3.05, 3.63) is 17.8 Å². The number of carbonyl (C=O) groups excluding carboxylic acids is 1. The Morgan fingerprint density at radius 3 is 2.69 bits per heavy atom. The third-order valence-electron chi connectivity index (χ3n) is 4.89. The highest BCUT2D eigenvalue weighted by Gasteiger charge is 2.30. The minimum absolute atomic E-state index is 0.0142. The molecule has 3 rings (SSSR count). The number of hydrogen-bond donors (Lipinski definition) is 1. The van der Waals surface area contributed by atoms with Crippen molar-refractivity contribution in [3.63, 3.8) is 0 Å². The number of pyridine rings is 1. The molecule has 0 aromatic carbocycles. The van der Waals surface area contributed by atoms with Crippen LogP contribution in [0.2, 0.25) is 0 Å². The van der Waals surface area contributed by atoms with Crippen molar-refractivity contribution in [1.82, 2.24) is 9.29 Å². The molecule has 8 nitrogen and oxygen atoms in total. The number of sulfonamides is 1. The highest BCUT2D eigenvalue weighted by Crippen LogP contribution is 2.28. The lowest BCUT2D eigenvalue weighted by atomic mass is 10.1. The van der Waals surface area contributed by atoms with E-state index >= 15 is 0 Å². The zero-order chi connectivity index (χ0) is 18.6. The molecule has 26 heavy (non-hydrogen) atoms. The van der Waals surface area contributed by atoms with Crippen LogP contribution in [0.4, 0.5) is 5.82 Å². The predicted octanol–water partition coefficient (Wildman–Crippen LogP) is 1.49. The van der Waals surface area contributed by atoms with Crippen molar-refractivity contribution in [3.8, 4) is 0 Å². The van der Waals surface area contributed by atoms with Crippen LogP contribution in [0.1, 0.15) is 36.0 Å². The maximum Gasteiger partial charge on any atom is 0.339 e. The number of methoxy groups -OCH3 is 1. The van der Waals surface area contributed by atoms with Gasteiger partial charge in [-0.15, -0.1) is 0 Å². The van der Waals surface area contributed by atoms with Crippen molar-refractivity contribution >= 4 is 21.8 Å². The SMILES string of the molecule is COC(=O)c1cnc(NCC2CCCC2)c(S(=O)(=O)N2CCOCC2)c1. The van der Waals surface area contributed by atoms with Crippen LogP contribution >= 0.6 is 0 Å². The van der Waals surface area contributed by atoms with Crippen LogP contribution < -0.4 is 5.32 Å². The summed E-state index contributed by atoms with van der Waals surface area (Å²) in [5.41, 5.74) is 0.116. The Hall–Kier alpha value is -1.71. The van der Waals surface area contributed by atoms with E-state index in [0.29, 0.717) is 25.7 Å². The number of nitrogens with one attached hydrogen (secondary N) is 1. The molecule has 1 aromatic heterocycles. The van der Waals surface area contributed by atoms with Gasteiger partial charge in [0, 0.05) is 25.8 Å². The second-order valence-electron chi connectivity index (χ2n) is 6.61. The van der Waals surface area contributed by atoms with E-state index in [-0.39, 0.29) is 29.4 Å². The number of esters is 1. The zero-order valence-electron chi connectivity index (χ0n) is 14.9. The molecule has 2 aliphatic rings. The summed E-state index contributed by atoms with van der Waals surface area (Å²) in [5, 5.41) is 3.18. The summed E-state index contributed by atoms with van der Waals surface area (Å²) in [6, 6.07) is 1.35. The average Bonchev–Trinajstić information content (AvgIpc) is 3.20. The van der Waals surface area contributed by atoms with Crippen molar-refractivity contribution in [2.75, 3.05) is 45.3 Å². The van der Waals surface area contributed by atoms with Crippen LogP contribution in [0.3, 0.4) is 0 Å². The minimum Gasteiger partial charge on any atom is -0.465 e. The molecule has 1 aromatic rings. The van der Waals surface area contributed by atoms with Crippen molar-refractivity contribution in [2.24, 2.45) is 5.92 Å². The predicted molar refractivity (Wildman–Crippen MR) is 95.6 cm³/mol. The highest BCUT2D eigenvalue weighted by atomic mass is 32.2. The van der Waals surface area contributed by atoms with Gasteiger partial charge in [-0.3, -0.25) is 0 Å². The Morgan fingerprint density at radius 2 is 2.04 bits per heavy atom. The zero-order valence-corrected chi connectivity index (χ0v) is 15.8. The molecule has 1 saturated heterocycles. The standard InChI is InChI=1S/C17H25N3O5S/c1-24-17(21)14-10-15(26(22,23)20-6-8-25-9-7-20)16(19-12-14)18-11-13-4-2-3-5-13/h10,12-13H,2-9,11H2,1H3,(H,18,19). The van der Waals surface area contributed by atoms with Crippen molar-refractivity contribution in [2.45, 2.75) is 30.6 Å². The number of carbonyl (C=O) groups is 1.